The monoisotopic (exact) mass is 363 g/mol. The van der Waals surface area contributed by atoms with E-state index in [0.717, 1.165) is 16.2 Å². The molecule has 8 heteroatoms. The lowest BCUT2D eigenvalue weighted by atomic mass is 9.90. The number of piperidine rings is 1. The van der Waals surface area contributed by atoms with E-state index < -0.39 is 28.8 Å². The molecule has 1 aliphatic heterocycles. The van der Waals surface area contributed by atoms with Crippen LogP contribution >= 0.6 is 0 Å². The Labute approximate surface area is 148 Å². The molecule has 2 aromatic rings. The van der Waals surface area contributed by atoms with E-state index in [0.29, 0.717) is 32.4 Å². The average molecular weight is 363 g/mol. The highest BCUT2D eigenvalue weighted by molar-refractivity contribution is 5.93. The van der Waals surface area contributed by atoms with Gasteiger partial charge in [0.25, 0.3) is 11.5 Å². The van der Waals surface area contributed by atoms with Crippen molar-refractivity contribution in [2.75, 3.05) is 13.1 Å². The standard InChI is InChI=1S/C18H19F2N3O3/c1-22-10-13(16(24)21-18(22)26)17(25)23-6-4-11(5-7-23)8-12-2-3-14(19)15(20)9-12/h2-3,9-11H,4-8H2,1H3,(H,21,24,26). The first kappa shape index (κ1) is 18.0. The zero-order valence-corrected chi connectivity index (χ0v) is 14.3. The van der Waals surface area contributed by atoms with Crippen molar-refractivity contribution in [3.63, 3.8) is 0 Å². The summed E-state index contributed by atoms with van der Waals surface area (Å²) in [6.45, 7) is 0.935. The van der Waals surface area contributed by atoms with E-state index in [2.05, 4.69) is 4.98 Å². The second-order valence-electron chi connectivity index (χ2n) is 6.60. The number of hydrogen-bond donors (Lipinski definition) is 1. The Morgan fingerprint density at radius 2 is 1.88 bits per heavy atom. The van der Waals surface area contributed by atoms with E-state index in [1.54, 1.807) is 11.0 Å². The van der Waals surface area contributed by atoms with Gasteiger partial charge < -0.3 is 9.47 Å². The van der Waals surface area contributed by atoms with E-state index in [9.17, 15) is 23.2 Å². The lowest BCUT2D eigenvalue weighted by molar-refractivity contribution is 0.0687. The second kappa shape index (κ2) is 7.23. The largest absolute Gasteiger partial charge is 0.338 e. The molecule has 26 heavy (non-hydrogen) atoms. The van der Waals surface area contributed by atoms with Crippen molar-refractivity contribution in [1.29, 1.82) is 0 Å². The Kier molecular flexibility index (Phi) is 5.01. The molecule has 0 atom stereocenters. The lowest BCUT2D eigenvalue weighted by Gasteiger charge is -2.32. The fourth-order valence-electron chi connectivity index (χ4n) is 3.23. The number of aromatic amines is 1. The Morgan fingerprint density at radius 3 is 2.54 bits per heavy atom. The van der Waals surface area contributed by atoms with Crippen LogP contribution in [0, 0.1) is 17.6 Å². The van der Waals surface area contributed by atoms with Crippen molar-refractivity contribution < 1.29 is 13.6 Å². The number of nitrogens with zero attached hydrogens (tertiary/aromatic N) is 2. The molecule has 1 N–H and O–H groups in total. The van der Waals surface area contributed by atoms with E-state index in [4.69, 9.17) is 0 Å². The van der Waals surface area contributed by atoms with Gasteiger partial charge in [-0.05, 0) is 42.9 Å². The van der Waals surface area contributed by atoms with E-state index in [1.807, 2.05) is 0 Å². The van der Waals surface area contributed by atoms with Crippen LogP contribution in [0.3, 0.4) is 0 Å². The lowest BCUT2D eigenvalue weighted by Crippen LogP contribution is -2.42. The molecule has 6 nitrogen and oxygen atoms in total. The highest BCUT2D eigenvalue weighted by Crippen LogP contribution is 2.23. The second-order valence-corrected chi connectivity index (χ2v) is 6.60. The molecule has 0 bridgehead atoms. The molecule has 138 valence electrons. The van der Waals surface area contributed by atoms with E-state index >= 15 is 0 Å². The third-order valence-electron chi connectivity index (χ3n) is 4.75. The van der Waals surface area contributed by atoms with Crippen molar-refractivity contribution in [2.24, 2.45) is 13.0 Å². The van der Waals surface area contributed by atoms with Crippen molar-refractivity contribution in [3.8, 4) is 0 Å². The van der Waals surface area contributed by atoms with Crippen molar-refractivity contribution in [1.82, 2.24) is 14.5 Å². The maximum atomic E-state index is 13.3. The van der Waals surface area contributed by atoms with Gasteiger partial charge in [0.2, 0.25) is 0 Å². The van der Waals surface area contributed by atoms with Gasteiger partial charge >= 0.3 is 5.69 Å². The first-order valence-electron chi connectivity index (χ1n) is 8.38. The quantitative estimate of drug-likeness (QED) is 0.897. The van der Waals surface area contributed by atoms with Gasteiger partial charge in [-0.1, -0.05) is 6.07 Å². The number of benzene rings is 1. The number of halogens is 2. The van der Waals surface area contributed by atoms with Gasteiger partial charge in [-0.15, -0.1) is 0 Å². The van der Waals surface area contributed by atoms with E-state index in [-0.39, 0.29) is 11.5 Å². The molecule has 1 fully saturated rings. The zero-order chi connectivity index (χ0) is 18.8. The van der Waals surface area contributed by atoms with Gasteiger partial charge in [0.1, 0.15) is 5.56 Å². The summed E-state index contributed by atoms with van der Waals surface area (Å²) in [5.41, 5.74) is -0.604. The van der Waals surface area contributed by atoms with Gasteiger partial charge in [-0.3, -0.25) is 14.6 Å². The molecule has 1 aromatic heterocycles. The van der Waals surface area contributed by atoms with Crippen molar-refractivity contribution in [2.45, 2.75) is 19.3 Å². The summed E-state index contributed by atoms with van der Waals surface area (Å²) < 4.78 is 27.5. The number of aromatic nitrogens is 2. The third kappa shape index (κ3) is 3.74. The van der Waals surface area contributed by atoms with Crippen molar-refractivity contribution in [3.05, 3.63) is 68.0 Å². The molecule has 1 amide bonds. The smallest absolute Gasteiger partial charge is 0.328 e. The number of H-pyrrole nitrogens is 1. The van der Waals surface area contributed by atoms with Crippen LogP contribution in [0.15, 0.2) is 34.0 Å². The molecule has 0 unspecified atom stereocenters. The van der Waals surface area contributed by atoms with Gasteiger partial charge in [-0.25, -0.2) is 13.6 Å². The molecule has 0 aliphatic carbocycles. The molecule has 2 heterocycles. The fraction of sp³-hybridized carbons (Fsp3) is 0.389. The molecule has 0 spiro atoms. The SMILES string of the molecule is Cn1cc(C(=O)N2CCC(Cc3ccc(F)c(F)c3)CC2)c(=O)[nH]c1=O. The number of hydrogen-bond acceptors (Lipinski definition) is 3. The maximum Gasteiger partial charge on any atom is 0.328 e. The van der Waals surface area contributed by atoms with Crippen LogP contribution in [0.1, 0.15) is 28.8 Å². The number of carbonyl (C=O) groups is 1. The summed E-state index contributed by atoms with van der Waals surface area (Å²) in [4.78, 5) is 39.5. The summed E-state index contributed by atoms with van der Waals surface area (Å²) in [6.07, 6.45) is 3.26. The molecule has 1 aromatic carbocycles. The number of aryl methyl sites for hydroxylation is 1. The average Bonchev–Trinajstić information content (AvgIpc) is 2.61. The van der Waals surface area contributed by atoms with E-state index in [1.165, 1.54) is 19.3 Å². The fourth-order valence-corrected chi connectivity index (χ4v) is 3.23. The molecule has 1 saturated heterocycles. The first-order chi connectivity index (χ1) is 12.3. The van der Waals surface area contributed by atoms with Crippen molar-refractivity contribution >= 4 is 5.91 Å². The summed E-state index contributed by atoms with van der Waals surface area (Å²) in [7, 11) is 1.46. The molecule has 0 radical (unpaired) electrons. The van der Waals surface area contributed by atoms with Crippen LogP contribution in [0.2, 0.25) is 0 Å². The minimum absolute atomic E-state index is 0.0637. The van der Waals surface area contributed by atoms with Crippen LogP contribution in [-0.4, -0.2) is 33.4 Å². The topological polar surface area (TPSA) is 75.2 Å². The number of amides is 1. The number of carbonyl (C=O) groups excluding carboxylic acids is 1. The first-order valence-corrected chi connectivity index (χ1v) is 8.38. The van der Waals surface area contributed by atoms with Gasteiger partial charge in [-0.2, -0.15) is 0 Å². The Morgan fingerprint density at radius 1 is 1.19 bits per heavy atom. The molecule has 3 rings (SSSR count). The minimum atomic E-state index is -0.864. The Bertz CT molecular complexity index is 943. The molecular formula is C18H19F2N3O3. The Balaban J connectivity index is 1.64. The van der Waals surface area contributed by atoms with Crippen LogP contribution in [0.4, 0.5) is 8.78 Å². The maximum absolute atomic E-state index is 13.3. The summed E-state index contributed by atoms with van der Waals surface area (Å²) in [5, 5.41) is 0. The summed E-state index contributed by atoms with van der Waals surface area (Å²) in [5.74, 6) is -1.88. The number of nitrogens with one attached hydrogen (secondary N) is 1. The normalized spacial score (nSPS) is 15.3. The number of rotatable bonds is 3. The van der Waals surface area contributed by atoms with Crippen LogP contribution in [-0.2, 0) is 13.5 Å². The summed E-state index contributed by atoms with van der Waals surface area (Å²) in [6, 6.07) is 3.89. The molecule has 0 saturated carbocycles. The van der Waals surface area contributed by atoms with Crippen LogP contribution in [0.5, 0.6) is 0 Å². The molecule has 1 aliphatic rings. The predicted octanol–water partition coefficient (Wildman–Crippen LogP) is 1.45. The zero-order valence-electron chi connectivity index (χ0n) is 14.3. The van der Waals surface area contributed by atoms with Crippen LogP contribution in [0.25, 0.3) is 0 Å². The number of likely N-dealkylation sites (tertiary alicyclic amines) is 1. The summed E-state index contributed by atoms with van der Waals surface area (Å²) >= 11 is 0. The highest BCUT2D eigenvalue weighted by Gasteiger charge is 2.26. The Hall–Kier alpha value is -2.77. The minimum Gasteiger partial charge on any atom is -0.338 e. The predicted molar refractivity (Wildman–Crippen MR) is 91.0 cm³/mol. The third-order valence-corrected chi connectivity index (χ3v) is 4.75. The van der Waals surface area contributed by atoms with Gasteiger partial charge in [0, 0.05) is 26.3 Å². The van der Waals surface area contributed by atoms with Gasteiger partial charge in [0.05, 0.1) is 0 Å². The molecular weight excluding hydrogens is 344 g/mol. The van der Waals surface area contributed by atoms with Crippen LogP contribution < -0.4 is 11.2 Å². The van der Waals surface area contributed by atoms with Gasteiger partial charge in [0.15, 0.2) is 11.6 Å². The highest BCUT2D eigenvalue weighted by atomic mass is 19.2.